The molecular weight excluding hydrogens is 366 g/mol. The number of nitrogens with two attached hydrogens (primary N) is 1. The predicted molar refractivity (Wildman–Crippen MR) is 99.7 cm³/mol. The summed E-state index contributed by atoms with van der Waals surface area (Å²) >= 11 is 0. The summed E-state index contributed by atoms with van der Waals surface area (Å²) in [6.45, 7) is -0.447. The van der Waals surface area contributed by atoms with Crippen molar-refractivity contribution >= 4 is 28.9 Å². The molecule has 1 fully saturated rings. The highest BCUT2D eigenvalue weighted by Crippen LogP contribution is 2.32. The van der Waals surface area contributed by atoms with E-state index in [2.05, 4.69) is 15.0 Å². The predicted octanol–water partition coefficient (Wildman–Crippen LogP) is 0.0761. The van der Waals surface area contributed by atoms with Crippen LogP contribution in [-0.2, 0) is 4.74 Å². The highest BCUT2D eigenvalue weighted by molar-refractivity contribution is 5.87. The second-order valence-electron chi connectivity index (χ2n) is 6.42. The van der Waals surface area contributed by atoms with Crippen molar-refractivity contribution in [1.82, 2.24) is 19.5 Å². The Morgan fingerprint density at radius 2 is 1.93 bits per heavy atom. The van der Waals surface area contributed by atoms with E-state index in [1.54, 1.807) is 24.3 Å². The minimum absolute atomic E-state index is 0.0255. The summed E-state index contributed by atoms with van der Waals surface area (Å²) in [7, 11) is 0. The van der Waals surface area contributed by atoms with E-state index in [9.17, 15) is 20.4 Å². The first-order valence-corrected chi connectivity index (χ1v) is 8.58. The van der Waals surface area contributed by atoms with Crippen LogP contribution >= 0.6 is 0 Å². The molecule has 3 heterocycles. The molecule has 0 radical (unpaired) electrons. The number of aliphatic hydroxyl groups excluding tert-OH is 4. The van der Waals surface area contributed by atoms with Crippen molar-refractivity contribution in [3.63, 3.8) is 0 Å². The van der Waals surface area contributed by atoms with Crippen LogP contribution in [0.25, 0.3) is 23.0 Å². The highest BCUT2D eigenvalue weighted by atomic mass is 16.6. The van der Waals surface area contributed by atoms with Gasteiger partial charge in [-0.1, -0.05) is 30.3 Å². The van der Waals surface area contributed by atoms with E-state index < -0.39 is 31.1 Å². The lowest BCUT2D eigenvalue weighted by atomic mass is 10.1. The van der Waals surface area contributed by atoms with Crippen LogP contribution in [0.5, 0.6) is 0 Å². The van der Waals surface area contributed by atoms with Gasteiger partial charge in [0.05, 0.1) is 12.9 Å². The van der Waals surface area contributed by atoms with Gasteiger partial charge >= 0.3 is 0 Å². The molecule has 4 atom stereocenters. The fourth-order valence-corrected chi connectivity index (χ4v) is 3.17. The summed E-state index contributed by atoms with van der Waals surface area (Å²) in [6, 6.07) is 8.90. The Morgan fingerprint density at radius 3 is 2.61 bits per heavy atom. The molecule has 10 nitrogen and oxygen atoms in total. The number of hydrogen-bond acceptors (Lipinski definition) is 9. The van der Waals surface area contributed by atoms with Gasteiger partial charge in [0.2, 0.25) is 5.95 Å². The SMILES string of the molecule is Nc1nc(/C=C(\O)c2ccccc2)c2ncn([C@@H]3O[C@@H](CO)[C@@H](O)[C@H]3O)c2n1. The average Bonchev–Trinajstić information content (AvgIpc) is 3.23. The maximum atomic E-state index is 10.4. The van der Waals surface area contributed by atoms with Crippen molar-refractivity contribution in [3.8, 4) is 0 Å². The smallest absolute Gasteiger partial charge is 0.222 e. The van der Waals surface area contributed by atoms with Crippen LogP contribution in [0, 0.1) is 0 Å². The number of ether oxygens (including phenoxy) is 1. The Morgan fingerprint density at radius 1 is 1.18 bits per heavy atom. The van der Waals surface area contributed by atoms with Crippen molar-refractivity contribution in [2.24, 2.45) is 0 Å². The van der Waals surface area contributed by atoms with Gasteiger partial charge in [-0.05, 0) is 0 Å². The van der Waals surface area contributed by atoms with Gasteiger partial charge < -0.3 is 30.9 Å². The molecule has 0 amide bonds. The van der Waals surface area contributed by atoms with Crippen LogP contribution in [0.1, 0.15) is 17.5 Å². The van der Waals surface area contributed by atoms with Gasteiger partial charge in [-0.25, -0.2) is 9.97 Å². The molecule has 28 heavy (non-hydrogen) atoms. The van der Waals surface area contributed by atoms with Crippen LogP contribution in [-0.4, -0.2) is 64.9 Å². The largest absolute Gasteiger partial charge is 0.507 e. The van der Waals surface area contributed by atoms with E-state index in [0.29, 0.717) is 11.1 Å². The number of rotatable bonds is 4. The van der Waals surface area contributed by atoms with Crippen molar-refractivity contribution < 1.29 is 25.2 Å². The van der Waals surface area contributed by atoms with Crippen molar-refractivity contribution in [2.75, 3.05) is 12.3 Å². The van der Waals surface area contributed by atoms with Crippen LogP contribution in [0.4, 0.5) is 5.95 Å². The number of nitrogens with zero attached hydrogens (tertiary/aromatic N) is 4. The molecule has 6 N–H and O–H groups in total. The van der Waals surface area contributed by atoms with E-state index in [1.807, 2.05) is 6.07 Å². The summed E-state index contributed by atoms with van der Waals surface area (Å²) in [5.74, 6) is -0.0874. The Labute approximate surface area is 159 Å². The zero-order valence-corrected chi connectivity index (χ0v) is 14.6. The van der Waals surface area contributed by atoms with E-state index in [1.165, 1.54) is 17.0 Å². The molecule has 146 valence electrons. The highest BCUT2D eigenvalue weighted by Gasteiger charge is 2.44. The van der Waals surface area contributed by atoms with E-state index in [0.717, 1.165) is 0 Å². The zero-order chi connectivity index (χ0) is 19.8. The molecule has 3 aromatic rings. The average molecular weight is 385 g/mol. The van der Waals surface area contributed by atoms with Crippen LogP contribution < -0.4 is 5.73 Å². The lowest BCUT2D eigenvalue weighted by molar-refractivity contribution is -0.0511. The molecular formula is C18H19N5O5. The fourth-order valence-electron chi connectivity index (χ4n) is 3.17. The Balaban J connectivity index is 1.78. The third kappa shape index (κ3) is 3.08. The fraction of sp³-hybridized carbons (Fsp3) is 0.278. The van der Waals surface area contributed by atoms with Gasteiger partial charge in [0.1, 0.15) is 35.3 Å². The Bertz CT molecular complexity index is 1020. The van der Waals surface area contributed by atoms with E-state index in [-0.39, 0.29) is 23.0 Å². The first kappa shape index (κ1) is 18.3. The van der Waals surface area contributed by atoms with Gasteiger partial charge in [0.25, 0.3) is 0 Å². The minimum atomic E-state index is -1.29. The number of aromatic nitrogens is 4. The topological polar surface area (TPSA) is 160 Å². The van der Waals surface area contributed by atoms with Crippen molar-refractivity contribution in [3.05, 3.63) is 47.9 Å². The van der Waals surface area contributed by atoms with E-state index in [4.69, 9.17) is 10.5 Å². The number of nitrogen functional groups attached to an aromatic ring is 1. The lowest BCUT2D eigenvalue weighted by Gasteiger charge is -2.16. The molecule has 0 bridgehead atoms. The second-order valence-corrected chi connectivity index (χ2v) is 6.42. The number of fused-ring (bicyclic) bond motifs is 1. The van der Waals surface area contributed by atoms with Crippen LogP contribution in [0.15, 0.2) is 36.7 Å². The molecule has 4 rings (SSSR count). The standard InChI is InChI=1S/C18H19N5O5/c19-18-21-10(6-11(25)9-4-2-1-3-5-9)13-16(22-18)23(8-20-13)17-15(27)14(26)12(7-24)28-17/h1-6,8,12,14-15,17,24-27H,7H2,(H2,19,21,22)/b11-6-/t12-,14+,15+,17+/m0/s1. The maximum absolute atomic E-state index is 10.4. The van der Waals surface area contributed by atoms with Gasteiger partial charge in [-0.3, -0.25) is 4.57 Å². The molecule has 1 aliphatic rings. The number of aliphatic hydroxyl groups is 4. The first-order valence-electron chi connectivity index (χ1n) is 8.58. The molecule has 10 heteroatoms. The number of imidazole rings is 1. The third-order valence-corrected chi connectivity index (χ3v) is 4.60. The third-order valence-electron chi connectivity index (χ3n) is 4.60. The van der Waals surface area contributed by atoms with Crippen molar-refractivity contribution in [2.45, 2.75) is 24.5 Å². The van der Waals surface area contributed by atoms with Crippen molar-refractivity contribution in [1.29, 1.82) is 0 Å². The van der Waals surface area contributed by atoms with E-state index >= 15 is 0 Å². The summed E-state index contributed by atoms with van der Waals surface area (Å²) in [6.07, 6.45) is -1.69. The molecule has 0 saturated carbocycles. The first-order chi connectivity index (χ1) is 13.5. The van der Waals surface area contributed by atoms with Crippen LogP contribution in [0.3, 0.4) is 0 Å². The molecule has 1 saturated heterocycles. The molecule has 1 aromatic carbocycles. The Hall–Kier alpha value is -3.05. The molecule has 0 aliphatic carbocycles. The minimum Gasteiger partial charge on any atom is -0.507 e. The molecule has 0 unspecified atom stereocenters. The molecule has 0 spiro atoms. The normalized spacial score (nSPS) is 25.5. The zero-order valence-electron chi connectivity index (χ0n) is 14.6. The molecule has 1 aliphatic heterocycles. The quantitative estimate of drug-likeness (QED) is 0.392. The van der Waals surface area contributed by atoms with Gasteiger partial charge in [-0.15, -0.1) is 0 Å². The summed E-state index contributed by atoms with van der Waals surface area (Å²) in [5.41, 5.74) is 7.28. The number of hydrogen-bond donors (Lipinski definition) is 5. The van der Waals surface area contributed by atoms with Crippen LogP contribution in [0.2, 0.25) is 0 Å². The second kappa shape index (κ2) is 7.17. The molecule has 2 aromatic heterocycles. The number of benzene rings is 1. The monoisotopic (exact) mass is 385 g/mol. The maximum Gasteiger partial charge on any atom is 0.222 e. The van der Waals surface area contributed by atoms with Gasteiger partial charge in [-0.2, -0.15) is 4.98 Å². The summed E-state index contributed by atoms with van der Waals surface area (Å²) < 4.78 is 6.94. The van der Waals surface area contributed by atoms with Gasteiger partial charge in [0, 0.05) is 11.6 Å². The summed E-state index contributed by atoms with van der Waals surface area (Å²) in [5, 5.41) is 39.9. The lowest BCUT2D eigenvalue weighted by Crippen LogP contribution is -2.33. The summed E-state index contributed by atoms with van der Waals surface area (Å²) in [4.78, 5) is 12.5. The van der Waals surface area contributed by atoms with Gasteiger partial charge in [0.15, 0.2) is 11.9 Å². The Kier molecular flexibility index (Phi) is 4.69. The number of anilines is 1.